The second-order valence-electron chi connectivity index (χ2n) is 6.77. The SMILES string of the molecule is CCOCCC[C@@H]1CCc2cc([C@H](CN)CCCO)ccc2C1. The summed E-state index contributed by atoms with van der Waals surface area (Å²) < 4.78 is 5.45. The quantitative estimate of drug-likeness (QED) is 0.650. The lowest BCUT2D eigenvalue weighted by atomic mass is 9.80. The van der Waals surface area contributed by atoms with E-state index in [2.05, 4.69) is 25.1 Å². The summed E-state index contributed by atoms with van der Waals surface area (Å²) in [6, 6.07) is 6.96. The molecule has 3 heteroatoms. The first-order valence-corrected chi connectivity index (χ1v) is 9.28. The molecule has 0 bridgehead atoms. The van der Waals surface area contributed by atoms with Gasteiger partial charge in [0.05, 0.1) is 0 Å². The maximum atomic E-state index is 9.03. The zero-order valence-electron chi connectivity index (χ0n) is 14.6. The fourth-order valence-electron chi connectivity index (χ4n) is 3.73. The van der Waals surface area contributed by atoms with Gasteiger partial charge in [-0.05, 0) is 86.9 Å². The van der Waals surface area contributed by atoms with Crippen molar-refractivity contribution >= 4 is 0 Å². The molecular formula is C20H33NO2. The van der Waals surface area contributed by atoms with E-state index < -0.39 is 0 Å². The van der Waals surface area contributed by atoms with E-state index >= 15 is 0 Å². The smallest absolute Gasteiger partial charge is 0.0465 e. The Bertz CT molecular complexity index is 461. The first-order valence-electron chi connectivity index (χ1n) is 9.28. The second kappa shape index (κ2) is 10.1. The molecule has 1 aliphatic carbocycles. The minimum absolute atomic E-state index is 0.255. The summed E-state index contributed by atoms with van der Waals surface area (Å²) in [4.78, 5) is 0. The van der Waals surface area contributed by atoms with Crippen LogP contribution < -0.4 is 5.73 Å². The molecule has 0 aliphatic heterocycles. The van der Waals surface area contributed by atoms with Crippen molar-refractivity contribution in [3.05, 3.63) is 34.9 Å². The number of aliphatic hydroxyl groups is 1. The largest absolute Gasteiger partial charge is 0.396 e. The van der Waals surface area contributed by atoms with Gasteiger partial charge in [-0.15, -0.1) is 0 Å². The number of rotatable bonds is 10. The molecule has 130 valence electrons. The highest BCUT2D eigenvalue weighted by Crippen LogP contribution is 2.31. The molecule has 1 aromatic carbocycles. The molecule has 0 amide bonds. The molecule has 3 N–H and O–H groups in total. The summed E-state index contributed by atoms with van der Waals surface area (Å²) in [7, 11) is 0. The van der Waals surface area contributed by atoms with Crippen LogP contribution in [0.2, 0.25) is 0 Å². The molecule has 1 aromatic rings. The van der Waals surface area contributed by atoms with Crippen LogP contribution in [0.1, 0.15) is 61.6 Å². The van der Waals surface area contributed by atoms with E-state index in [0.717, 1.165) is 32.0 Å². The molecule has 0 fully saturated rings. The van der Waals surface area contributed by atoms with Crippen molar-refractivity contribution in [2.24, 2.45) is 11.7 Å². The zero-order chi connectivity index (χ0) is 16.5. The Morgan fingerprint density at radius 3 is 2.91 bits per heavy atom. The van der Waals surface area contributed by atoms with Gasteiger partial charge in [-0.1, -0.05) is 18.2 Å². The number of benzene rings is 1. The predicted molar refractivity (Wildman–Crippen MR) is 95.8 cm³/mol. The van der Waals surface area contributed by atoms with Crippen molar-refractivity contribution in [2.75, 3.05) is 26.4 Å². The molecule has 0 saturated heterocycles. The van der Waals surface area contributed by atoms with E-state index in [0.29, 0.717) is 12.5 Å². The Labute approximate surface area is 141 Å². The van der Waals surface area contributed by atoms with Gasteiger partial charge in [0, 0.05) is 19.8 Å². The van der Waals surface area contributed by atoms with Crippen LogP contribution in [-0.4, -0.2) is 31.5 Å². The van der Waals surface area contributed by atoms with E-state index in [1.807, 2.05) is 0 Å². The number of hydrogen-bond acceptors (Lipinski definition) is 3. The lowest BCUT2D eigenvalue weighted by Crippen LogP contribution is -2.17. The van der Waals surface area contributed by atoms with Gasteiger partial charge >= 0.3 is 0 Å². The van der Waals surface area contributed by atoms with Crippen LogP contribution in [0.15, 0.2) is 18.2 Å². The minimum atomic E-state index is 0.255. The lowest BCUT2D eigenvalue weighted by molar-refractivity contribution is 0.138. The number of fused-ring (bicyclic) bond motifs is 1. The molecule has 0 unspecified atom stereocenters. The first-order chi connectivity index (χ1) is 11.3. The molecule has 0 spiro atoms. The van der Waals surface area contributed by atoms with E-state index in [1.165, 1.54) is 48.8 Å². The maximum Gasteiger partial charge on any atom is 0.0465 e. The van der Waals surface area contributed by atoms with Gasteiger partial charge in [0.2, 0.25) is 0 Å². The number of aryl methyl sites for hydroxylation is 1. The van der Waals surface area contributed by atoms with Crippen LogP contribution in [0.5, 0.6) is 0 Å². The Balaban J connectivity index is 1.92. The highest BCUT2D eigenvalue weighted by Gasteiger charge is 2.20. The number of aliphatic hydroxyl groups excluding tert-OH is 1. The van der Waals surface area contributed by atoms with Crippen molar-refractivity contribution in [3.63, 3.8) is 0 Å². The molecule has 0 heterocycles. The summed E-state index contributed by atoms with van der Waals surface area (Å²) >= 11 is 0. The molecule has 0 saturated carbocycles. The van der Waals surface area contributed by atoms with Gasteiger partial charge in [-0.3, -0.25) is 0 Å². The fraction of sp³-hybridized carbons (Fsp3) is 0.700. The Hall–Kier alpha value is -0.900. The monoisotopic (exact) mass is 319 g/mol. The van der Waals surface area contributed by atoms with Crippen LogP contribution in [-0.2, 0) is 17.6 Å². The standard InChI is InChI=1S/C20H33NO2/c1-2-23-12-4-5-16-7-8-18-14-19(10-9-17(18)13-16)20(15-21)6-3-11-22/h9-10,14,16,20,22H,2-8,11-13,15,21H2,1H3/t16-,20+/m1/s1. The van der Waals surface area contributed by atoms with Crippen LogP contribution in [0.25, 0.3) is 0 Å². The molecule has 23 heavy (non-hydrogen) atoms. The normalized spacial score (nSPS) is 18.7. The van der Waals surface area contributed by atoms with Crippen molar-refractivity contribution in [1.82, 2.24) is 0 Å². The van der Waals surface area contributed by atoms with Crippen molar-refractivity contribution < 1.29 is 9.84 Å². The van der Waals surface area contributed by atoms with E-state index in [1.54, 1.807) is 0 Å². The first kappa shape index (κ1) is 18.4. The van der Waals surface area contributed by atoms with Gasteiger partial charge in [0.1, 0.15) is 0 Å². The zero-order valence-corrected chi connectivity index (χ0v) is 14.6. The summed E-state index contributed by atoms with van der Waals surface area (Å²) in [6.45, 7) is 4.71. The van der Waals surface area contributed by atoms with Gasteiger partial charge < -0.3 is 15.6 Å². The maximum absolute atomic E-state index is 9.03. The van der Waals surface area contributed by atoms with Gasteiger partial charge in [0.25, 0.3) is 0 Å². The van der Waals surface area contributed by atoms with Crippen LogP contribution in [0.3, 0.4) is 0 Å². The van der Waals surface area contributed by atoms with E-state index in [-0.39, 0.29) is 6.61 Å². The van der Waals surface area contributed by atoms with Gasteiger partial charge in [0.15, 0.2) is 0 Å². The number of hydrogen-bond donors (Lipinski definition) is 2. The molecule has 2 rings (SSSR count). The van der Waals surface area contributed by atoms with Crippen LogP contribution in [0, 0.1) is 5.92 Å². The summed E-state index contributed by atoms with van der Waals surface area (Å²) in [5.74, 6) is 1.20. The summed E-state index contributed by atoms with van der Waals surface area (Å²) in [5.41, 5.74) is 10.3. The Kier molecular flexibility index (Phi) is 8.07. The molecule has 0 radical (unpaired) electrons. The fourth-order valence-corrected chi connectivity index (χ4v) is 3.73. The molecular weight excluding hydrogens is 286 g/mol. The molecule has 3 nitrogen and oxygen atoms in total. The molecule has 2 atom stereocenters. The Morgan fingerprint density at radius 2 is 2.17 bits per heavy atom. The van der Waals surface area contributed by atoms with Crippen LogP contribution >= 0.6 is 0 Å². The molecule has 1 aliphatic rings. The van der Waals surface area contributed by atoms with Crippen molar-refractivity contribution in [3.8, 4) is 0 Å². The van der Waals surface area contributed by atoms with Crippen molar-refractivity contribution in [1.29, 1.82) is 0 Å². The summed E-state index contributed by atoms with van der Waals surface area (Å²) in [6.07, 6.45) is 7.98. The third-order valence-corrected chi connectivity index (χ3v) is 5.13. The average Bonchev–Trinajstić information content (AvgIpc) is 2.59. The lowest BCUT2D eigenvalue weighted by Gasteiger charge is -2.26. The highest BCUT2D eigenvalue weighted by atomic mass is 16.5. The van der Waals surface area contributed by atoms with Gasteiger partial charge in [-0.2, -0.15) is 0 Å². The number of ether oxygens (including phenoxy) is 1. The predicted octanol–water partition coefficient (Wildman–Crippen LogP) is 3.42. The summed E-state index contributed by atoms with van der Waals surface area (Å²) in [5, 5.41) is 9.03. The third-order valence-electron chi connectivity index (χ3n) is 5.13. The van der Waals surface area contributed by atoms with E-state index in [9.17, 15) is 0 Å². The topological polar surface area (TPSA) is 55.5 Å². The van der Waals surface area contributed by atoms with Gasteiger partial charge in [-0.25, -0.2) is 0 Å². The Morgan fingerprint density at radius 1 is 1.30 bits per heavy atom. The highest BCUT2D eigenvalue weighted by molar-refractivity contribution is 5.36. The molecule has 0 aromatic heterocycles. The van der Waals surface area contributed by atoms with Crippen molar-refractivity contribution in [2.45, 2.75) is 57.8 Å². The average molecular weight is 319 g/mol. The minimum Gasteiger partial charge on any atom is -0.396 e. The second-order valence-corrected chi connectivity index (χ2v) is 6.77. The van der Waals surface area contributed by atoms with E-state index in [4.69, 9.17) is 15.6 Å². The number of nitrogens with two attached hydrogens (primary N) is 1. The van der Waals surface area contributed by atoms with Crippen LogP contribution in [0.4, 0.5) is 0 Å². The third kappa shape index (κ3) is 5.59.